The highest BCUT2D eigenvalue weighted by molar-refractivity contribution is 9.10. The van der Waals surface area contributed by atoms with Crippen molar-refractivity contribution in [1.29, 1.82) is 0 Å². The topological polar surface area (TPSA) is 52.3 Å². The van der Waals surface area contributed by atoms with E-state index in [9.17, 15) is 4.79 Å². The fraction of sp³-hybridized carbons (Fsp3) is 0.417. The number of carbonyl (C=O) groups is 1. The van der Waals surface area contributed by atoms with Gasteiger partial charge in [0.1, 0.15) is 5.75 Å². The molecule has 0 unspecified atom stereocenters. The lowest BCUT2D eigenvalue weighted by atomic mass is 10.1. The third-order valence-electron chi connectivity index (χ3n) is 2.25. The molecule has 0 fully saturated rings. The number of hydrogen-bond acceptors (Lipinski definition) is 2. The van der Waals surface area contributed by atoms with Gasteiger partial charge in [-0.3, -0.25) is 4.79 Å². The van der Waals surface area contributed by atoms with Crippen molar-refractivity contribution < 1.29 is 9.53 Å². The maximum atomic E-state index is 10.6. The Kier molecular flexibility index (Phi) is 5.78. The molecule has 1 rings (SSSR count). The standard InChI is InChI=1S/C12H15BrClNO2/c1-8(2-3-12(15)16)7-17-11-5-9(13)4-10(14)6-11/h4-6,8H,2-3,7H2,1H3,(H2,15,16)/t8-/m0/s1. The van der Waals surface area contributed by atoms with E-state index in [1.807, 2.05) is 13.0 Å². The minimum Gasteiger partial charge on any atom is -0.493 e. The van der Waals surface area contributed by atoms with E-state index in [-0.39, 0.29) is 11.8 Å². The molecule has 0 heterocycles. The first-order chi connectivity index (χ1) is 7.97. The van der Waals surface area contributed by atoms with Gasteiger partial charge in [-0.15, -0.1) is 0 Å². The van der Waals surface area contributed by atoms with Gasteiger partial charge < -0.3 is 10.5 Å². The zero-order valence-corrected chi connectivity index (χ0v) is 11.9. The molecular weight excluding hydrogens is 305 g/mol. The Hall–Kier alpha value is -0.740. The summed E-state index contributed by atoms with van der Waals surface area (Å²) < 4.78 is 6.47. The number of halogens is 2. The Morgan fingerprint density at radius 1 is 1.53 bits per heavy atom. The number of amides is 1. The van der Waals surface area contributed by atoms with E-state index in [0.29, 0.717) is 18.1 Å². The molecule has 0 aliphatic heterocycles. The van der Waals surface area contributed by atoms with Crippen molar-refractivity contribution in [3.63, 3.8) is 0 Å². The predicted molar refractivity (Wildman–Crippen MR) is 72.2 cm³/mol. The molecule has 1 aromatic rings. The van der Waals surface area contributed by atoms with Crippen LogP contribution in [-0.4, -0.2) is 12.5 Å². The van der Waals surface area contributed by atoms with E-state index in [0.717, 1.165) is 16.6 Å². The van der Waals surface area contributed by atoms with Gasteiger partial charge >= 0.3 is 0 Å². The first-order valence-corrected chi connectivity index (χ1v) is 6.51. The van der Waals surface area contributed by atoms with E-state index in [2.05, 4.69) is 15.9 Å². The average molecular weight is 321 g/mol. The fourth-order valence-electron chi connectivity index (χ4n) is 1.32. The molecular formula is C12H15BrClNO2. The quantitative estimate of drug-likeness (QED) is 0.873. The summed E-state index contributed by atoms with van der Waals surface area (Å²) in [6.07, 6.45) is 1.13. The number of primary amides is 1. The van der Waals surface area contributed by atoms with Crippen molar-refractivity contribution in [2.45, 2.75) is 19.8 Å². The predicted octanol–water partition coefficient (Wildman–Crippen LogP) is 3.38. The summed E-state index contributed by atoms with van der Waals surface area (Å²) in [6.45, 7) is 2.56. The van der Waals surface area contributed by atoms with Crippen LogP contribution in [0.15, 0.2) is 22.7 Å². The summed E-state index contributed by atoms with van der Waals surface area (Å²) in [7, 11) is 0. The Morgan fingerprint density at radius 2 is 2.24 bits per heavy atom. The molecule has 0 saturated heterocycles. The summed E-state index contributed by atoms with van der Waals surface area (Å²) in [5.74, 6) is 0.720. The zero-order valence-electron chi connectivity index (χ0n) is 9.58. The van der Waals surface area contributed by atoms with Gasteiger partial charge in [-0.05, 0) is 30.5 Å². The molecule has 3 nitrogen and oxygen atoms in total. The van der Waals surface area contributed by atoms with Crippen LogP contribution in [0.2, 0.25) is 5.02 Å². The van der Waals surface area contributed by atoms with Crippen LogP contribution in [0, 0.1) is 5.92 Å². The molecule has 17 heavy (non-hydrogen) atoms. The maximum absolute atomic E-state index is 10.6. The highest BCUT2D eigenvalue weighted by Crippen LogP contribution is 2.25. The number of nitrogens with two attached hydrogens (primary N) is 1. The van der Waals surface area contributed by atoms with Crippen LogP contribution >= 0.6 is 27.5 Å². The Balaban J connectivity index is 2.41. The SMILES string of the molecule is C[C@@H](CCC(N)=O)COc1cc(Cl)cc(Br)c1. The molecule has 0 saturated carbocycles. The van der Waals surface area contributed by atoms with E-state index in [4.69, 9.17) is 22.1 Å². The summed E-state index contributed by atoms with van der Waals surface area (Å²) >= 11 is 9.24. The molecule has 1 amide bonds. The van der Waals surface area contributed by atoms with Crippen molar-refractivity contribution >= 4 is 33.4 Å². The largest absolute Gasteiger partial charge is 0.493 e. The van der Waals surface area contributed by atoms with Gasteiger partial charge in [-0.25, -0.2) is 0 Å². The van der Waals surface area contributed by atoms with Gasteiger partial charge in [0.15, 0.2) is 0 Å². The summed E-state index contributed by atoms with van der Waals surface area (Å²) in [4.78, 5) is 10.6. The van der Waals surface area contributed by atoms with Crippen molar-refractivity contribution in [3.05, 3.63) is 27.7 Å². The first kappa shape index (κ1) is 14.3. The Labute approximate surface area is 114 Å². The minimum absolute atomic E-state index is 0.276. The Bertz CT molecular complexity index is 378. The van der Waals surface area contributed by atoms with Gasteiger partial charge in [0.05, 0.1) is 6.61 Å². The molecule has 0 aliphatic rings. The molecule has 0 spiro atoms. The van der Waals surface area contributed by atoms with Gasteiger partial charge in [0.25, 0.3) is 0 Å². The van der Waals surface area contributed by atoms with Crippen LogP contribution < -0.4 is 10.5 Å². The van der Waals surface area contributed by atoms with Crippen LogP contribution in [0.1, 0.15) is 19.8 Å². The van der Waals surface area contributed by atoms with Crippen LogP contribution in [0.25, 0.3) is 0 Å². The van der Waals surface area contributed by atoms with Crippen LogP contribution in [-0.2, 0) is 4.79 Å². The highest BCUT2D eigenvalue weighted by Gasteiger charge is 2.06. The van der Waals surface area contributed by atoms with Crippen LogP contribution in [0.3, 0.4) is 0 Å². The third-order valence-corrected chi connectivity index (χ3v) is 2.93. The molecule has 0 bridgehead atoms. The number of rotatable bonds is 6. The first-order valence-electron chi connectivity index (χ1n) is 5.34. The fourth-order valence-corrected chi connectivity index (χ4v) is 2.15. The number of benzene rings is 1. The van der Waals surface area contributed by atoms with Crippen molar-refractivity contribution in [2.75, 3.05) is 6.61 Å². The van der Waals surface area contributed by atoms with Crippen molar-refractivity contribution in [2.24, 2.45) is 11.7 Å². The lowest BCUT2D eigenvalue weighted by Crippen LogP contribution is -2.15. The zero-order chi connectivity index (χ0) is 12.8. The number of ether oxygens (including phenoxy) is 1. The summed E-state index contributed by atoms with van der Waals surface area (Å²) in [6, 6.07) is 5.41. The van der Waals surface area contributed by atoms with Crippen molar-refractivity contribution in [3.8, 4) is 5.75 Å². The lowest BCUT2D eigenvalue weighted by molar-refractivity contribution is -0.118. The van der Waals surface area contributed by atoms with Gasteiger partial charge in [0, 0.05) is 15.9 Å². The second-order valence-corrected chi connectivity index (χ2v) is 5.38. The van der Waals surface area contributed by atoms with E-state index < -0.39 is 0 Å². The van der Waals surface area contributed by atoms with Gasteiger partial charge in [-0.1, -0.05) is 34.5 Å². The second-order valence-electron chi connectivity index (χ2n) is 4.03. The van der Waals surface area contributed by atoms with Gasteiger partial charge in [-0.2, -0.15) is 0 Å². The molecule has 94 valence electrons. The molecule has 1 aromatic carbocycles. The van der Waals surface area contributed by atoms with E-state index >= 15 is 0 Å². The van der Waals surface area contributed by atoms with Crippen molar-refractivity contribution in [1.82, 2.24) is 0 Å². The van der Waals surface area contributed by atoms with E-state index in [1.165, 1.54) is 0 Å². The Morgan fingerprint density at radius 3 is 2.82 bits per heavy atom. The maximum Gasteiger partial charge on any atom is 0.217 e. The van der Waals surface area contributed by atoms with Crippen LogP contribution in [0.5, 0.6) is 5.75 Å². The third kappa shape index (κ3) is 5.94. The molecule has 1 atom stereocenters. The van der Waals surface area contributed by atoms with Gasteiger partial charge in [0.2, 0.25) is 5.91 Å². The number of carbonyl (C=O) groups excluding carboxylic acids is 1. The summed E-state index contributed by atoms with van der Waals surface area (Å²) in [5, 5.41) is 0.624. The lowest BCUT2D eigenvalue weighted by Gasteiger charge is -2.12. The highest BCUT2D eigenvalue weighted by atomic mass is 79.9. The molecule has 5 heteroatoms. The molecule has 0 aromatic heterocycles. The normalized spacial score (nSPS) is 12.2. The molecule has 0 aliphatic carbocycles. The van der Waals surface area contributed by atoms with Crippen LogP contribution in [0.4, 0.5) is 0 Å². The average Bonchev–Trinajstić information content (AvgIpc) is 2.22. The monoisotopic (exact) mass is 319 g/mol. The smallest absolute Gasteiger partial charge is 0.217 e. The number of hydrogen-bond donors (Lipinski definition) is 1. The minimum atomic E-state index is -0.276. The molecule has 2 N–H and O–H groups in total. The van der Waals surface area contributed by atoms with E-state index in [1.54, 1.807) is 12.1 Å². The summed E-state index contributed by atoms with van der Waals surface area (Å²) in [5.41, 5.74) is 5.08. The molecule has 0 radical (unpaired) electrons. The second kappa shape index (κ2) is 6.87.